The fourth-order valence-electron chi connectivity index (χ4n) is 3.31. The maximum absolute atomic E-state index is 13.4. The van der Waals surface area contributed by atoms with Crippen molar-refractivity contribution in [2.45, 2.75) is 45.5 Å². The number of nitrogens with one attached hydrogen (secondary N) is 2. The lowest BCUT2D eigenvalue weighted by Crippen LogP contribution is -2.46. The van der Waals surface area contributed by atoms with Gasteiger partial charge in [-0.3, -0.25) is 14.3 Å². The minimum Gasteiger partial charge on any atom is -0.495 e. The van der Waals surface area contributed by atoms with E-state index in [1.54, 1.807) is 17.1 Å². The summed E-state index contributed by atoms with van der Waals surface area (Å²) in [7, 11) is 1.33. The number of ether oxygens (including phenoxy) is 2. The summed E-state index contributed by atoms with van der Waals surface area (Å²) in [6.07, 6.45) is -1.07. The van der Waals surface area contributed by atoms with Gasteiger partial charge in [0.2, 0.25) is 5.95 Å². The second-order valence-corrected chi connectivity index (χ2v) is 8.72. The van der Waals surface area contributed by atoms with Gasteiger partial charge in [-0.2, -0.15) is 18.3 Å². The van der Waals surface area contributed by atoms with Crippen LogP contribution in [0.4, 0.5) is 24.8 Å². The van der Waals surface area contributed by atoms with Gasteiger partial charge in [0.1, 0.15) is 11.8 Å². The Balaban J connectivity index is 1.81. The lowest BCUT2D eigenvalue weighted by atomic mass is 10.1. The molecule has 38 heavy (non-hydrogen) atoms. The molecule has 0 aliphatic carbocycles. The fraction of sp³-hybridized carbons (Fsp3) is 0.375. The molecule has 0 saturated heterocycles. The van der Waals surface area contributed by atoms with Gasteiger partial charge in [0.05, 0.1) is 48.9 Å². The van der Waals surface area contributed by atoms with E-state index in [0.29, 0.717) is 22.0 Å². The molecule has 3 aromatic rings. The summed E-state index contributed by atoms with van der Waals surface area (Å²) in [6, 6.07) is 1.69. The van der Waals surface area contributed by atoms with Gasteiger partial charge in [-0.15, -0.1) is 0 Å². The fourth-order valence-corrected chi connectivity index (χ4v) is 3.51. The van der Waals surface area contributed by atoms with Crippen molar-refractivity contribution in [3.8, 4) is 17.0 Å². The third kappa shape index (κ3) is 7.12. The summed E-state index contributed by atoms with van der Waals surface area (Å²) in [6.45, 7) is 5.34. The Morgan fingerprint density at radius 1 is 1.21 bits per heavy atom. The number of anilines is 2. The second kappa shape index (κ2) is 12.1. The Morgan fingerprint density at radius 2 is 1.95 bits per heavy atom. The number of esters is 1. The molecule has 14 heteroatoms. The normalized spacial score (nSPS) is 12.2. The van der Waals surface area contributed by atoms with Crippen LogP contribution < -0.4 is 15.4 Å². The minimum atomic E-state index is -4.86. The molecule has 0 bridgehead atoms. The topological polar surface area (TPSA) is 120 Å². The predicted octanol–water partition coefficient (Wildman–Crippen LogP) is 4.94. The summed E-state index contributed by atoms with van der Waals surface area (Å²) in [5, 5.41) is 9.38. The Labute approximate surface area is 221 Å². The van der Waals surface area contributed by atoms with Crippen LogP contribution in [0.3, 0.4) is 0 Å². The van der Waals surface area contributed by atoms with Crippen molar-refractivity contribution in [3.63, 3.8) is 0 Å². The molecule has 1 atom stereocenters. The zero-order valence-corrected chi connectivity index (χ0v) is 21.7. The first-order chi connectivity index (χ1) is 17.9. The highest BCUT2D eigenvalue weighted by atomic mass is 35.5. The number of hydrogen-bond acceptors (Lipinski definition) is 8. The molecule has 1 aromatic carbocycles. The van der Waals surface area contributed by atoms with Crippen LogP contribution in [-0.2, 0) is 9.53 Å². The van der Waals surface area contributed by atoms with Crippen LogP contribution in [0.2, 0.25) is 5.02 Å². The molecule has 2 N–H and O–H groups in total. The summed E-state index contributed by atoms with van der Waals surface area (Å²) >= 11 is 6.29. The molecular formula is C24H26ClF3N6O4. The number of nitrogens with zero attached hydrogens (tertiary/aromatic N) is 4. The van der Waals surface area contributed by atoms with E-state index in [4.69, 9.17) is 16.3 Å². The zero-order chi connectivity index (χ0) is 28.0. The highest BCUT2D eigenvalue weighted by Crippen LogP contribution is 2.31. The first kappa shape index (κ1) is 28.7. The van der Waals surface area contributed by atoms with Crippen LogP contribution >= 0.6 is 11.6 Å². The average molecular weight is 555 g/mol. The van der Waals surface area contributed by atoms with E-state index in [1.165, 1.54) is 38.4 Å². The number of carbonyl (C=O) groups is 2. The maximum atomic E-state index is 13.4. The molecule has 204 valence electrons. The van der Waals surface area contributed by atoms with E-state index < -0.39 is 30.5 Å². The number of methoxy groups -OCH3 is 1. The van der Waals surface area contributed by atoms with E-state index in [-0.39, 0.29) is 29.9 Å². The van der Waals surface area contributed by atoms with Crippen molar-refractivity contribution in [2.75, 3.05) is 19.0 Å². The molecule has 3 rings (SSSR count). The third-order valence-corrected chi connectivity index (χ3v) is 5.51. The minimum absolute atomic E-state index is 0.0799. The summed E-state index contributed by atoms with van der Waals surface area (Å²) < 4.78 is 51.8. The molecule has 1 amide bonds. The molecule has 2 aromatic heterocycles. The van der Waals surface area contributed by atoms with Crippen LogP contribution in [-0.4, -0.2) is 57.6 Å². The first-order valence-corrected chi connectivity index (χ1v) is 11.9. The second-order valence-electron chi connectivity index (χ2n) is 8.31. The van der Waals surface area contributed by atoms with Crippen LogP contribution in [0.15, 0.2) is 36.8 Å². The predicted molar refractivity (Wildman–Crippen MR) is 133 cm³/mol. The standard InChI is InChI=1S/C24H26ClF3N6O4/c1-5-38-20(35)9-19(24(26,27)28)32-22(36)14-6-7-17(18(8-14)37-4)31-23-29-11-16(25)21(33-23)15-10-30-34(12-15)13(2)3/h6-8,10-13,19H,5,9H2,1-4H3,(H,32,36)(H,29,31,33). The lowest BCUT2D eigenvalue weighted by molar-refractivity contribution is -0.167. The number of aromatic nitrogens is 4. The molecule has 0 aliphatic rings. The Hall–Kier alpha value is -3.87. The summed E-state index contributed by atoms with van der Waals surface area (Å²) in [4.78, 5) is 32.8. The van der Waals surface area contributed by atoms with E-state index in [9.17, 15) is 22.8 Å². The molecule has 0 aliphatic heterocycles. The molecule has 0 radical (unpaired) electrons. The highest BCUT2D eigenvalue weighted by molar-refractivity contribution is 6.32. The van der Waals surface area contributed by atoms with Crippen molar-refractivity contribution >= 4 is 35.1 Å². The van der Waals surface area contributed by atoms with Crippen LogP contribution in [0.1, 0.15) is 43.6 Å². The highest BCUT2D eigenvalue weighted by Gasteiger charge is 2.42. The van der Waals surface area contributed by atoms with Gasteiger partial charge >= 0.3 is 12.1 Å². The quantitative estimate of drug-likeness (QED) is 0.338. The lowest BCUT2D eigenvalue weighted by Gasteiger charge is -2.21. The average Bonchev–Trinajstić information content (AvgIpc) is 3.35. The van der Waals surface area contributed by atoms with Crippen molar-refractivity contribution in [1.29, 1.82) is 0 Å². The zero-order valence-electron chi connectivity index (χ0n) is 21.0. The SMILES string of the molecule is CCOC(=O)CC(NC(=O)c1ccc(Nc2ncc(Cl)c(-c3cnn(C(C)C)c3)n2)c(OC)c1)C(F)(F)F. The van der Waals surface area contributed by atoms with Gasteiger partial charge < -0.3 is 20.1 Å². The van der Waals surface area contributed by atoms with Crippen LogP contribution in [0.5, 0.6) is 5.75 Å². The molecular weight excluding hydrogens is 529 g/mol. The number of benzene rings is 1. The van der Waals surface area contributed by atoms with Crippen LogP contribution in [0, 0.1) is 0 Å². The van der Waals surface area contributed by atoms with Crippen molar-refractivity contribution in [1.82, 2.24) is 25.1 Å². The van der Waals surface area contributed by atoms with Gasteiger partial charge in [0, 0.05) is 23.4 Å². The summed E-state index contributed by atoms with van der Waals surface area (Å²) in [5.41, 5.74) is 1.33. The maximum Gasteiger partial charge on any atom is 0.409 e. The van der Waals surface area contributed by atoms with E-state index in [2.05, 4.69) is 25.1 Å². The summed E-state index contributed by atoms with van der Waals surface area (Å²) in [5.74, 6) is -1.83. The smallest absolute Gasteiger partial charge is 0.409 e. The molecule has 1 unspecified atom stereocenters. The van der Waals surface area contributed by atoms with Crippen molar-refractivity contribution in [2.24, 2.45) is 0 Å². The number of carbonyl (C=O) groups excluding carboxylic acids is 2. The van der Waals surface area contributed by atoms with Gasteiger partial charge in [0.15, 0.2) is 0 Å². The van der Waals surface area contributed by atoms with Gasteiger partial charge in [-0.05, 0) is 39.0 Å². The third-order valence-electron chi connectivity index (χ3n) is 5.23. The van der Waals surface area contributed by atoms with Gasteiger partial charge in [-0.25, -0.2) is 9.97 Å². The van der Waals surface area contributed by atoms with Crippen LogP contribution in [0.25, 0.3) is 11.3 Å². The van der Waals surface area contributed by atoms with E-state index in [1.807, 2.05) is 19.2 Å². The Kier molecular flexibility index (Phi) is 9.15. The molecule has 0 saturated carbocycles. The Morgan fingerprint density at radius 3 is 2.55 bits per heavy atom. The molecule has 10 nitrogen and oxygen atoms in total. The van der Waals surface area contributed by atoms with Crippen molar-refractivity contribution in [3.05, 3.63) is 47.4 Å². The van der Waals surface area contributed by atoms with E-state index in [0.717, 1.165) is 0 Å². The largest absolute Gasteiger partial charge is 0.495 e. The number of amides is 1. The first-order valence-electron chi connectivity index (χ1n) is 11.5. The number of halogens is 4. The number of alkyl halides is 3. The van der Waals surface area contributed by atoms with E-state index >= 15 is 0 Å². The Bertz CT molecular complexity index is 1300. The molecule has 2 heterocycles. The monoisotopic (exact) mass is 554 g/mol. The van der Waals surface area contributed by atoms with Crippen molar-refractivity contribution < 1.29 is 32.2 Å². The molecule has 0 spiro atoms. The van der Waals surface area contributed by atoms with Gasteiger partial charge in [-0.1, -0.05) is 11.6 Å². The molecule has 0 fully saturated rings. The number of rotatable bonds is 10. The number of hydrogen-bond donors (Lipinski definition) is 2. The van der Waals surface area contributed by atoms with Gasteiger partial charge in [0.25, 0.3) is 5.91 Å².